The Bertz CT molecular complexity index is 1290. The Morgan fingerprint density at radius 1 is 0.949 bits per heavy atom. The maximum Gasteiger partial charge on any atom is 0.374 e. The van der Waals surface area contributed by atoms with Gasteiger partial charge in [0.25, 0.3) is 0 Å². The van der Waals surface area contributed by atoms with Gasteiger partial charge in [0.1, 0.15) is 11.3 Å². The topological polar surface area (TPSA) is 92.9 Å². The molecule has 0 saturated heterocycles. The highest BCUT2D eigenvalue weighted by Gasteiger charge is 2.35. The van der Waals surface area contributed by atoms with Crippen LogP contribution in [0.25, 0.3) is 11.2 Å². The Morgan fingerprint density at radius 3 is 2.33 bits per heavy atom. The highest BCUT2D eigenvalue weighted by Crippen LogP contribution is 2.45. The highest BCUT2D eigenvalue weighted by atomic mass is 16.4. The average Bonchev–Trinajstić information content (AvgIpc) is 3.27. The molecule has 3 saturated carbocycles. The van der Waals surface area contributed by atoms with E-state index in [9.17, 15) is 9.90 Å². The number of benzene rings is 1. The smallest absolute Gasteiger partial charge is 0.374 e. The third-order valence-electron chi connectivity index (χ3n) is 9.95. The van der Waals surface area contributed by atoms with Crippen LogP contribution in [0.2, 0.25) is 0 Å². The van der Waals surface area contributed by atoms with Crippen molar-refractivity contribution in [3.05, 3.63) is 47.5 Å². The molecule has 0 aliphatic heterocycles. The van der Waals surface area contributed by atoms with Gasteiger partial charge in [-0.3, -0.25) is 0 Å². The van der Waals surface area contributed by atoms with Crippen molar-refractivity contribution in [2.75, 3.05) is 5.32 Å². The molecule has 7 nitrogen and oxygen atoms in total. The Hall–Kier alpha value is -2.96. The van der Waals surface area contributed by atoms with Crippen molar-refractivity contribution in [2.24, 2.45) is 17.8 Å². The van der Waals surface area contributed by atoms with Crippen molar-refractivity contribution in [1.29, 1.82) is 0 Å². The summed E-state index contributed by atoms with van der Waals surface area (Å²) in [5.74, 6) is 3.11. The lowest BCUT2D eigenvalue weighted by Crippen LogP contribution is -2.31. The zero-order valence-corrected chi connectivity index (χ0v) is 23.5. The first-order valence-corrected chi connectivity index (χ1v) is 15.3. The maximum absolute atomic E-state index is 12.1. The van der Waals surface area contributed by atoms with Gasteiger partial charge in [-0.2, -0.15) is 0 Å². The lowest BCUT2D eigenvalue weighted by atomic mass is 9.75. The minimum atomic E-state index is -1.10. The van der Waals surface area contributed by atoms with E-state index in [1.54, 1.807) is 0 Å². The van der Waals surface area contributed by atoms with Crippen molar-refractivity contribution in [3.63, 3.8) is 0 Å². The molecule has 3 unspecified atom stereocenters. The van der Waals surface area contributed by atoms with Gasteiger partial charge in [0.15, 0.2) is 11.5 Å². The van der Waals surface area contributed by atoms with Crippen molar-refractivity contribution in [3.8, 4) is 0 Å². The van der Waals surface area contributed by atoms with Gasteiger partial charge in [0, 0.05) is 18.5 Å². The maximum atomic E-state index is 12.1. The van der Waals surface area contributed by atoms with Crippen molar-refractivity contribution >= 4 is 23.0 Å². The number of carbonyl (C=O) groups is 1. The van der Waals surface area contributed by atoms with Gasteiger partial charge >= 0.3 is 5.97 Å². The summed E-state index contributed by atoms with van der Waals surface area (Å²) in [7, 11) is 0. The van der Waals surface area contributed by atoms with E-state index in [1.165, 1.54) is 63.4 Å². The predicted molar refractivity (Wildman–Crippen MR) is 154 cm³/mol. The molecule has 2 heterocycles. The van der Waals surface area contributed by atoms with Crippen LogP contribution in [0.3, 0.4) is 0 Å². The van der Waals surface area contributed by atoms with E-state index >= 15 is 0 Å². The number of aromatic nitrogens is 4. The Labute approximate surface area is 231 Å². The standard InChI is InChI=1S/C32H43N5O2/c1-20-15-17-22(18-16-20)19-37-27-28(33-21(2)23-11-8-12-23)34-30(32(38)39)35-29(27)36-31(37)26-14-7-6-13-25(26)24-9-4-3-5-10-24/h3-5,9-10,20-23,25-26H,6-8,11-19H2,1-2H3,(H,38,39)(H,33,34,35). The zero-order chi connectivity index (χ0) is 26.9. The second-order valence-electron chi connectivity index (χ2n) is 12.6. The summed E-state index contributed by atoms with van der Waals surface area (Å²) in [6.07, 6.45) is 13.3. The summed E-state index contributed by atoms with van der Waals surface area (Å²) in [5.41, 5.74) is 2.81. The molecule has 0 bridgehead atoms. The van der Waals surface area contributed by atoms with Gasteiger partial charge in [0.2, 0.25) is 5.82 Å². The number of anilines is 1. The van der Waals surface area contributed by atoms with Gasteiger partial charge in [-0.15, -0.1) is 0 Å². The number of nitrogens with one attached hydrogen (secondary N) is 1. The lowest BCUT2D eigenvalue weighted by molar-refractivity contribution is 0.0684. The second kappa shape index (κ2) is 11.3. The fraction of sp³-hybridized carbons (Fsp3) is 0.625. The summed E-state index contributed by atoms with van der Waals surface area (Å²) in [4.78, 5) is 26.4. The molecular formula is C32H43N5O2. The van der Waals surface area contributed by atoms with Crippen molar-refractivity contribution < 1.29 is 9.90 Å². The number of aromatic carboxylic acids is 1. The van der Waals surface area contributed by atoms with Crippen LogP contribution >= 0.6 is 0 Å². The molecule has 1 aromatic carbocycles. The molecule has 2 aromatic heterocycles. The molecule has 2 N–H and O–H groups in total. The summed E-state index contributed by atoms with van der Waals surface area (Å²) in [6, 6.07) is 11.1. The molecule has 3 fully saturated rings. The number of carboxylic acids is 1. The SMILES string of the molecule is CC1CCC(Cn2c(C3CCCCC3c3ccccc3)nc3nc(C(=O)O)nc(NC(C)C4CCC4)c32)CC1. The van der Waals surface area contributed by atoms with E-state index < -0.39 is 5.97 Å². The van der Waals surface area contributed by atoms with Crippen molar-refractivity contribution in [1.82, 2.24) is 19.5 Å². The van der Waals surface area contributed by atoms with Crippen LogP contribution in [-0.4, -0.2) is 36.6 Å². The van der Waals surface area contributed by atoms with E-state index in [-0.39, 0.29) is 17.8 Å². The second-order valence-corrected chi connectivity index (χ2v) is 12.6. The van der Waals surface area contributed by atoms with Crippen LogP contribution in [0.1, 0.15) is 118 Å². The molecule has 3 aromatic rings. The predicted octanol–water partition coefficient (Wildman–Crippen LogP) is 7.39. The van der Waals surface area contributed by atoms with Crippen LogP contribution in [0, 0.1) is 17.8 Å². The first-order chi connectivity index (χ1) is 19.0. The molecule has 3 atom stereocenters. The van der Waals surface area contributed by atoms with Crippen LogP contribution in [-0.2, 0) is 6.54 Å². The van der Waals surface area contributed by atoms with Crippen LogP contribution in [0.4, 0.5) is 5.82 Å². The van der Waals surface area contributed by atoms with E-state index in [1.807, 2.05) is 0 Å². The third-order valence-corrected chi connectivity index (χ3v) is 9.95. The number of imidazole rings is 1. The summed E-state index contributed by atoms with van der Waals surface area (Å²) in [6.45, 7) is 5.47. The fourth-order valence-electron chi connectivity index (χ4n) is 7.30. The molecule has 3 aliphatic carbocycles. The average molecular weight is 530 g/mol. The molecule has 39 heavy (non-hydrogen) atoms. The minimum Gasteiger partial charge on any atom is -0.475 e. The summed E-state index contributed by atoms with van der Waals surface area (Å²) >= 11 is 0. The Kier molecular flexibility index (Phi) is 7.59. The molecule has 6 rings (SSSR count). The Morgan fingerprint density at radius 2 is 1.67 bits per heavy atom. The molecule has 0 amide bonds. The van der Waals surface area contributed by atoms with Crippen LogP contribution < -0.4 is 5.32 Å². The molecule has 0 spiro atoms. The van der Waals surface area contributed by atoms with Crippen LogP contribution in [0.15, 0.2) is 30.3 Å². The number of rotatable bonds is 8. The normalized spacial score (nSPS) is 26.7. The Balaban J connectivity index is 1.47. The van der Waals surface area contributed by atoms with E-state index in [2.05, 4.69) is 64.0 Å². The van der Waals surface area contributed by atoms with Crippen LogP contribution in [0.5, 0.6) is 0 Å². The summed E-state index contributed by atoms with van der Waals surface area (Å²) < 4.78 is 2.42. The largest absolute Gasteiger partial charge is 0.475 e. The van der Waals surface area contributed by atoms with Gasteiger partial charge in [0.05, 0.1) is 0 Å². The summed E-state index contributed by atoms with van der Waals surface area (Å²) in [5, 5.41) is 13.5. The van der Waals surface area contributed by atoms with Crippen molar-refractivity contribution in [2.45, 2.75) is 109 Å². The van der Waals surface area contributed by atoms with Gasteiger partial charge in [-0.25, -0.2) is 19.7 Å². The quantitative estimate of drug-likeness (QED) is 0.316. The first kappa shape index (κ1) is 26.3. The lowest BCUT2D eigenvalue weighted by Gasteiger charge is -2.34. The first-order valence-electron chi connectivity index (χ1n) is 15.3. The molecule has 7 heteroatoms. The molecule has 3 aliphatic rings. The fourth-order valence-corrected chi connectivity index (χ4v) is 7.30. The number of carboxylic acid groups (broad SMARTS) is 1. The zero-order valence-electron chi connectivity index (χ0n) is 23.5. The van der Waals surface area contributed by atoms with Gasteiger partial charge in [-0.1, -0.05) is 69.4 Å². The van der Waals surface area contributed by atoms with E-state index in [0.717, 1.165) is 36.6 Å². The van der Waals surface area contributed by atoms with E-state index in [4.69, 9.17) is 4.98 Å². The van der Waals surface area contributed by atoms with Gasteiger partial charge < -0.3 is 15.0 Å². The van der Waals surface area contributed by atoms with E-state index in [0.29, 0.717) is 29.2 Å². The minimum absolute atomic E-state index is 0.170. The number of fused-ring (bicyclic) bond motifs is 1. The third kappa shape index (κ3) is 5.42. The highest BCUT2D eigenvalue weighted by molar-refractivity contribution is 5.90. The number of hydrogen-bond donors (Lipinski definition) is 2. The van der Waals surface area contributed by atoms with Gasteiger partial charge in [-0.05, 0) is 74.7 Å². The molecule has 0 radical (unpaired) electrons. The monoisotopic (exact) mass is 529 g/mol. The number of nitrogens with zero attached hydrogens (tertiary/aromatic N) is 4. The molecular weight excluding hydrogens is 486 g/mol. The number of hydrogen-bond acceptors (Lipinski definition) is 5. The molecule has 208 valence electrons.